The fraction of sp³-hybridized carbons (Fsp3) is 0.500. The van der Waals surface area contributed by atoms with Crippen molar-refractivity contribution in [3.05, 3.63) is 35.4 Å². The highest BCUT2D eigenvalue weighted by Gasteiger charge is 2.10. The Morgan fingerprint density at radius 1 is 1.30 bits per heavy atom. The van der Waals surface area contributed by atoms with E-state index < -0.39 is 11.6 Å². The van der Waals surface area contributed by atoms with Crippen LogP contribution in [0.5, 0.6) is 0 Å². The van der Waals surface area contributed by atoms with Gasteiger partial charge < -0.3 is 15.5 Å². The molecule has 0 aliphatic rings. The number of halogens is 2. The van der Waals surface area contributed by atoms with Gasteiger partial charge in [0, 0.05) is 13.0 Å². The zero-order chi connectivity index (χ0) is 15.1. The van der Waals surface area contributed by atoms with Gasteiger partial charge in [-0.15, -0.1) is 0 Å². The highest BCUT2D eigenvalue weighted by atomic mass is 32.1. The molecule has 1 atom stereocenters. The molecule has 20 heavy (non-hydrogen) atoms. The molecular weight excluding hydrogens is 280 g/mol. The number of rotatable bonds is 6. The number of hydrogen-bond acceptors (Lipinski definition) is 1. The molecule has 0 aliphatic carbocycles. The van der Waals surface area contributed by atoms with Crippen molar-refractivity contribution in [3.63, 3.8) is 0 Å². The van der Waals surface area contributed by atoms with Crippen LogP contribution in [0, 0.1) is 11.6 Å². The van der Waals surface area contributed by atoms with E-state index in [0.717, 1.165) is 25.6 Å². The Morgan fingerprint density at radius 2 is 2.00 bits per heavy atom. The van der Waals surface area contributed by atoms with Crippen LogP contribution < -0.4 is 15.5 Å². The third kappa shape index (κ3) is 5.79. The van der Waals surface area contributed by atoms with Crippen LogP contribution in [0.3, 0.4) is 0 Å². The SMILES string of the molecule is C[C@H](NC(=S)NCCC[NH+](C)C)c1ccc(F)c(F)c1. The molecule has 3 N–H and O–H groups in total. The molecular formula is C14H22F2N3S+. The molecule has 0 fully saturated rings. The molecule has 0 saturated heterocycles. The molecule has 1 rings (SSSR count). The molecule has 112 valence electrons. The summed E-state index contributed by atoms with van der Waals surface area (Å²) in [6.07, 6.45) is 1.02. The fourth-order valence-electron chi connectivity index (χ4n) is 1.76. The van der Waals surface area contributed by atoms with Gasteiger partial charge >= 0.3 is 0 Å². The van der Waals surface area contributed by atoms with Gasteiger partial charge in [0.25, 0.3) is 0 Å². The Morgan fingerprint density at radius 3 is 2.60 bits per heavy atom. The van der Waals surface area contributed by atoms with Crippen molar-refractivity contribution in [1.29, 1.82) is 0 Å². The fourth-order valence-corrected chi connectivity index (χ4v) is 2.04. The Labute approximate surface area is 124 Å². The molecule has 0 aromatic heterocycles. The van der Waals surface area contributed by atoms with Crippen LogP contribution in [0.2, 0.25) is 0 Å². The highest BCUT2D eigenvalue weighted by molar-refractivity contribution is 7.80. The molecule has 0 heterocycles. The van der Waals surface area contributed by atoms with E-state index in [1.807, 2.05) is 6.92 Å². The first-order valence-electron chi connectivity index (χ1n) is 6.68. The summed E-state index contributed by atoms with van der Waals surface area (Å²) in [5.41, 5.74) is 0.658. The first-order chi connectivity index (χ1) is 9.40. The maximum atomic E-state index is 13.1. The zero-order valence-electron chi connectivity index (χ0n) is 12.1. The van der Waals surface area contributed by atoms with Crippen molar-refractivity contribution >= 4 is 17.3 Å². The lowest BCUT2D eigenvalue weighted by Gasteiger charge is -2.17. The molecule has 0 unspecified atom stereocenters. The average Bonchev–Trinajstić information content (AvgIpc) is 2.37. The van der Waals surface area contributed by atoms with Crippen LogP contribution >= 0.6 is 12.2 Å². The smallest absolute Gasteiger partial charge is 0.166 e. The topological polar surface area (TPSA) is 28.5 Å². The molecule has 3 nitrogen and oxygen atoms in total. The number of quaternary nitrogens is 1. The van der Waals surface area contributed by atoms with Gasteiger partial charge in [-0.05, 0) is 36.8 Å². The van der Waals surface area contributed by atoms with Crippen molar-refractivity contribution in [1.82, 2.24) is 10.6 Å². The second-order valence-electron chi connectivity index (χ2n) is 5.11. The Balaban J connectivity index is 2.39. The standard InChI is InChI=1S/C14H21F2N3S/c1-10(11-5-6-12(15)13(16)9-11)18-14(20)17-7-4-8-19(2)3/h5-6,9-10H,4,7-8H2,1-3H3,(H2,17,18,20)/p+1/t10-/m0/s1. The molecule has 0 spiro atoms. The minimum atomic E-state index is -0.844. The van der Waals surface area contributed by atoms with Gasteiger partial charge in [-0.1, -0.05) is 6.07 Å². The molecule has 0 bridgehead atoms. The number of hydrogen-bond donors (Lipinski definition) is 3. The number of nitrogens with one attached hydrogen (secondary N) is 3. The highest BCUT2D eigenvalue weighted by Crippen LogP contribution is 2.15. The van der Waals surface area contributed by atoms with Gasteiger partial charge in [0.05, 0.1) is 26.7 Å². The Hall–Kier alpha value is -1.27. The minimum absolute atomic E-state index is 0.176. The van der Waals surface area contributed by atoms with Gasteiger partial charge in [0.1, 0.15) is 0 Å². The van der Waals surface area contributed by atoms with Gasteiger partial charge in [-0.25, -0.2) is 8.78 Å². The summed E-state index contributed by atoms with van der Waals surface area (Å²) in [6, 6.07) is 3.68. The van der Waals surface area contributed by atoms with Crippen molar-refractivity contribution in [2.24, 2.45) is 0 Å². The monoisotopic (exact) mass is 302 g/mol. The molecule has 0 amide bonds. The normalized spacial score (nSPS) is 12.3. The second kappa shape index (κ2) is 8.11. The lowest BCUT2D eigenvalue weighted by Crippen LogP contribution is -3.05. The van der Waals surface area contributed by atoms with E-state index in [1.165, 1.54) is 11.0 Å². The van der Waals surface area contributed by atoms with Crippen molar-refractivity contribution in [2.75, 3.05) is 27.2 Å². The van der Waals surface area contributed by atoms with E-state index in [2.05, 4.69) is 24.7 Å². The van der Waals surface area contributed by atoms with Crippen LogP contribution in [0.4, 0.5) is 8.78 Å². The van der Waals surface area contributed by atoms with Gasteiger partial charge in [-0.3, -0.25) is 0 Å². The van der Waals surface area contributed by atoms with E-state index in [0.29, 0.717) is 10.7 Å². The summed E-state index contributed by atoms with van der Waals surface area (Å²) in [5, 5.41) is 6.68. The maximum absolute atomic E-state index is 13.1. The Kier molecular flexibility index (Phi) is 6.81. The molecule has 0 saturated carbocycles. The van der Waals surface area contributed by atoms with E-state index >= 15 is 0 Å². The first-order valence-corrected chi connectivity index (χ1v) is 7.09. The molecule has 1 aromatic carbocycles. The lowest BCUT2D eigenvalue weighted by molar-refractivity contribution is -0.858. The predicted octanol–water partition coefficient (Wildman–Crippen LogP) is 1.02. The summed E-state index contributed by atoms with van der Waals surface area (Å²) in [7, 11) is 4.20. The van der Waals surface area contributed by atoms with Crippen LogP contribution in [0.25, 0.3) is 0 Å². The van der Waals surface area contributed by atoms with E-state index in [-0.39, 0.29) is 6.04 Å². The van der Waals surface area contributed by atoms with Crippen molar-refractivity contribution < 1.29 is 13.7 Å². The van der Waals surface area contributed by atoms with E-state index in [1.54, 1.807) is 6.07 Å². The number of thiocarbonyl (C=S) groups is 1. The summed E-state index contributed by atoms with van der Waals surface area (Å²) in [4.78, 5) is 1.39. The van der Waals surface area contributed by atoms with E-state index in [9.17, 15) is 8.78 Å². The Bertz CT molecular complexity index is 452. The van der Waals surface area contributed by atoms with Crippen molar-refractivity contribution in [3.8, 4) is 0 Å². The molecule has 0 aliphatic heterocycles. The zero-order valence-corrected chi connectivity index (χ0v) is 12.9. The van der Waals surface area contributed by atoms with Crippen LogP contribution in [-0.4, -0.2) is 32.3 Å². The summed E-state index contributed by atoms with van der Waals surface area (Å²) in [6.45, 7) is 3.71. The van der Waals surface area contributed by atoms with Crippen LogP contribution in [0.1, 0.15) is 24.9 Å². The average molecular weight is 302 g/mol. The van der Waals surface area contributed by atoms with Gasteiger partial charge in [0.2, 0.25) is 0 Å². The summed E-state index contributed by atoms with van der Waals surface area (Å²) in [5.74, 6) is -1.68. The third-order valence-corrected chi connectivity index (χ3v) is 3.19. The quantitative estimate of drug-likeness (QED) is 0.541. The summed E-state index contributed by atoms with van der Waals surface area (Å²) < 4.78 is 26.0. The summed E-state index contributed by atoms with van der Waals surface area (Å²) >= 11 is 5.17. The third-order valence-electron chi connectivity index (χ3n) is 2.93. The molecule has 6 heteroatoms. The van der Waals surface area contributed by atoms with Crippen LogP contribution in [-0.2, 0) is 0 Å². The molecule has 0 radical (unpaired) electrons. The lowest BCUT2D eigenvalue weighted by atomic mass is 10.1. The van der Waals surface area contributed by atoms with Crippen molar-refractivity contribution in [2.45, 2.75) is 19.4 Å². The van der Waals surface area contributed by atoms with Gasteiger partial charge in [-0.2, -0.15) is 0 Å². The predicted molar refractivity (Wildman–Crippen MR) is 80.8 cm³/mol. The minimum Gasteiger partial charge on any atom is -0.362 e. The first kappa shape index (κ1) is 16.8. The van der Waals surface area contributed by atoms with Gasteiger partial charge in [0.15, 0.2) is 16.7 Å². The van der Waals surface area contributed by atoms with E-state index in [4.69, 9.17) is 12.2 Å². The van der Waals surface area contributed by atoms with Crippen LogP contribution in [0.15, 0.2) is 18.2 Å². The largest absolute Gasteiger partial charge is 0.362 e. The number of benzene rings is 1. The maximum Gasteiger partial charge on any atom is 0.166 e. The second-order valence-corrected chi connectivity index (χ2v) is 5.51. The molecule has 1 aromatic rings.